The number of piperazine rings is 1. The molecule has 0 spiro atoms. The summed E-state index contributed by atoms with van der Waals surface area (Å²) in [7, 11) is 0. The second kappa shape index (κ2) is 4.36. The first-order valence-corrected chi connectivity index (χ1v) is 5.35. The van der Waals surface area contributed by atoms with E-state index in [4.69, 9.17) is 5.11 Å². The van der Waals surface area contributed by atoms with Crippen molar-refractivity contribution in [1.82, 2.24) is 10.2 Å². The number of hydrogen-bond acceptors (Lipinski definition) is 2. The monoisotopic (exact) mass is 254 g/mol. The molecule has 100 valence electrons. The highest BCUT2D eigenvalue weighted by Crippen LogP contribution is 2.36. The minimum atomic E-state index is -4.45. The van der Waals surface area contributed by atoms with Gasteiger partial charge in [-0.2, -0.15) is 13.2 Å². The molecule has 1 fully saturated rings. The number of rotatable bonds is 0. The number of alkyl halides is 3. The van der Waals surface area contributed by atoms with Crippen LogP contribution in [0.3, 0.4) is 0 Å². The summed E-state index contributed by atoms with van der Waals surface area (Å²) in [5.41, 5.74) is -0.786. The number of amides is 1. The molecule has 0 aromatic carbocycles. The normalized spacial score (nSPS) is 27.1. The SMILES string of the molecule is CC(C)(C)[C@H]1C(C(F)(F)F)NCCN1C(=O)O. The van der Waals surface area contributed by atoms with Gasteiger partial charge in [0.05, 0.1) is 6.04 Å². The number of carboxylic acid groups (broad SMARTS) is 1. The van der Waals surface area contributed by atoms with Gasteiger partial charge in [-0.3, -0.25) is 0 Å². The van der Waals surface area contributed by atoms with E-state index in [1.807, 2.05) is 0 Å². The predicted molar refractivity (Wildman–Crippen MR) is 55.8 cm³/mol. The Morgan fingerprint density at radius 2 is 1.88 bits per heavy atom. The van der Waals surface area contributed by atoms with Crippen LogP contribution < -0.4 is 5.32 Å². The van der Waals surface area contributed by atoms with Gasteiger partial charge < -0.3 is 15.3 Å². The maximum Gasteiger partial charge on any atom is 0.407 e. The summed E-state index contributed by atoms with van der Waals surface area (Å²) in [5.74, 6) is 0. The molecule has 1 saturated heterocycles. The van der Waals surface area contributed by atoms with E-state index in [0.717, 1.165) is 4.90 Å². The van der Waals surface area contributed by atoms with Crippen LogP contribution in [0.5, 0.6) is 0 Å². The first-order valence-electron chi connectivity index (χ1n) is 5.35. The molecule has 17 heavy (non-hydrogen) atoms. The molecule has 0 bridgehead atoms. The Balaban J connectivity index is 3.09. The molecule has 1 heterocycles. The van der Waals surface area contributed by atoms with Gasteiger partial charge in [0, 0.05) is 13.1 Å². The Morgan fingerprint density at radius 1 is 1.35 bits per heavy atom. The van der Waals surface area contributed by atoms with Gasteiger partial charge in [0.2, 0.25) is 0 Å². The molecule has 1 unspecified atom stereocenters. The van der Waals surface area contributed by atoms with E-state index in [9.17, 15) is 18.0 Å². The van der Waals surface area contributed by atoms with Gasteiger partial charge in [0.1, 0.15) is 6.04 Å². The van der Waals surface area contributed by atoms with E-state index >= 15 is 0 Å². The van der Waals surface area contributed by atoms with Crippen LogP contribution in [0.1, 0.15) is 20.8 Å². The minimum absolute atomic E-state index is 0.0169. The molecule has 7 heteroatoms. The molecule has 0 aliphatic carbocycles. The van der Waals surface area contributed by atoms with Gasteiger partial charge >= 0.3 is 12.3 Å². The molecular weight excluding hydrogens is 237 g/mol. The number of hydrogen-bond donors (Lipinski definition) is 2. The van der Waals surface area contributed by atoms with Crippen LogP contribution in [0.25, 0.3) is 0 Å². The second-order valence-corrected chi connectivity index (χ2v) is 5.26. The summed E-state index contributed by atoms with van der Waals surface area (Å²) in [6, 6.07) is -2.93. The van der Waals surface area contributed by atoms with Crippen molar-refractivity contribution in [2.75, 3.05) is 13.1 Å². The van der Waals surface area contributed by atoms with Crippen molar-refractivity contribution in [3.8, 4) is 0 Å². The zero-order valence-electron chi connectivity index (χ0n) is 10.0. The van der Waals surface area contributed by atoms with Gasteiger partial charge in [-0.1, -0.05) is 20.8 Å². The minimum Gasteiger partial charge on any atom is -0.465 e. The zero-order valence-corrected chi connectivity index (χ0v) is 10.0. The van der Waals surface area contributed by atoms with Crippen LogP contribution in [0.15, 0.2) is 0 Å². The van der Waals surface area contributed by atoms with E-state index in [0.29, 0.717) is 0 Å². The van der Waals surface area contributed by atoms with Gasteiger partial charge in [-0.05, 0) is 5.41 Å². The maximum atomic E-state index is 12.9. The Labute approximate surface area is 97.8 Å². The molecular formula is C10H17F3N2O2. The molecule has 0 aromatic rings. The summed E-state index contributed by atoms with van der Waals surface area (Å²) in [6.45, 7) is 4.92. The van der Waals surface area contributed by atoms with Gasteiger partial charge in [0.25, 0.3) is 0 Å². The highest BCUT2D eigenvalue weighted by molar-refractivity contribution is 5.66. The van der Waals surface area contributed by atoms with Gasteiger partial charge in [-0.15, -0.1) is 0 Å². The molecule has 1 aliphatic heterocycles. The average molecular weight is 254 g/mol. The molecule has 1 amide bonds. The number of nitrogens with one attached hydrogen (secondary N) is 1. The smallest absolute Gasteiger partial charge is 0.407 e. The van der Waals surface area contributed by atoms with Crippen LogP contribution in [-0.2, 0) is 0 Å². The molecule has 0 radical (unpaired) electrons. The lowest BCUT2D eigenvalue weighted by molar-refractivity contribution is -0.184. The largest absolute Gasteiger partial charge is 0.465 e. The second-order valence-electron chi connectivity index (χ2n) is 5.26. The third-order valence-corrected chi connectivity index (χ3v) is 2.85. The average Bonchev–Trinajstić information content (AvgIpc) is 2.13. The van der Waals surface area contributed by atoms with Crippen LogP contribution in [0.4, 0.5) is 18.0 Å². The Kier molecular flexibility index (Phi) is 3.61. The zero-order chi connectivity index (χ0) is 13.4. The van der Waals surface area contributed by atoms with Crippen LogP contribution in [0.2, 0.25) is 0 Å². The van der Waals surface area contributed by atoms with Crippen molar-refractivity contribution in [2.45, 2.75) is 39.0 Å². The predicted octanol–water partition coefficient (Wildman–Crippen LogP) is 1.92. The molecule has 4 nitrogen and oxygen atoms in total. The van der Waals surface area contributed by atoms with E-state index in [1.165, 1.54) is 0 Å². The highest BCUT2D eigenvalue weighted by atomic mass is 19.4. The molecule has 1 aliphatic rings. The molecule has 1 rings (SSSR count). The fraction of sp³-hybridized carbons (Fsp3) is 0.900. The lowest BCUT2D eigenvalue weighted by atomic mass is 9.80. The summed E-state index contributed by atoms with van der Waals surface area (Å²) in [4.78, 5) is 11.9. The first-order chi connectivity index (χ1) is 7.55. The maximum absolute atomic E-state index is 12.9. The Morgan fingerprint density at radius 3 is 2.24 bits per heavy atom. The summed E-state index contributed by atoms with van der Waals surface area (Å²) in [5, 5.41) is 11.4. The van der Waals surface area contributed by atoms with Crippen molar-refractivity contribution in [3.05, 3.63) is 0 Å². The topological polar surface area (TPSA) is 52.6 Å². The third-order valence-electron chi connectivity index (χ3n) is 2.85. The van der Waals surface area contributed by atoms with E-state index in [1.54, 1.807) is 20.8 Å². The van der Waals surface area contributed by atoms with Crippen molar-refractivity contribution in [3.63, 3.8) is 0 Å². The molecule has 2 N–H and O–H groups in total. The highest BCUT2D eigenvalue weighted by Gasteiger charge is 2.53. The van der Waals surface area contributed by atoms with Crippen LogP contribution >= 0.6 is 0 Å². The lowest BCUT2D eigenvalue weighted by Gasteiger charge is -2.47. The molecule has 0 aromatic heterocycles. The Bertz CT molecular complexity index is 299. The van der Waals surface area contributed by atoms with Crippen molar-refractivity contribution in [1.29, 1.82) is 0 Å². The van der Waals surface area contributed by atoms with E-state index in [-0.39, 0.29) is 13.1 Å². The quantitative estimate of drug-likeness (QED) is 0.694. The Hall–Kier alpha value is -0.980. The van der Waals surface area contributed by atoms with E-state index < -0.39 is 29.8 Å². The van der Waals surface area contributed by atoms with Gasteiger partial charge in [0.15, 0.2) is 0 Å². The lowest BCUT2D eigenvalue weighted by Crippen LogP contribution is -2.68. The van der Waals surface area contributed by atoms with Crippen LogP contribution in [-0.4, -0.2) is 47.4 Å². The number of carbonyl (C=O) groups is 1. The first kappa shape index (κ1) is 14.1. The summed E-state index contributed by atoms with van der Waals surface area (Å²) >= 11 is 0. The molecule has 0 saturated carbocycles. The van der Waals surface area contributed by atoms with Crippen LogP contribution in [0, 0.1) is 5.41 Å². The van der Waals surface area contributed by atoms with Gasteiger partial charge in [-0.25, -0.2) is 4.79 Å². The fourth-order valence-corrected chi connectivity index (χ4v) is 2.25. The fourth-order valence-electron chi connectivity index (χ4n) is 2.25. The summed E-state index contributed by atoms with van der Waals surface area (Å²) < 4.78 is 38.6. The summed E-state index contributed by atoms with van der Waals surface area (Å²) in [6.07, 6.45) is -5.76. The van der Waals surface area contributed by atoms with E-state index in [2.05, 4.69) is 5.32 Å². The van der Waals surface area contributed by atoms with Crippen molar-refractivity contribution >= 4 is 6.09 Å². The molecule has 2 atom stereocenters. The number of halogens is 3. The van der Waals surface area contributed by atoms with Crippen molar-refractivity contribution in [2.24, 2.45) is 5.41 Å². The number of nitrogens with zero attached hydrogens (tertiary/aromatic N) is 1. The standard InChI is InChI=1S/C10H17F3N2O2/c1-9(2,3)7-6(10(11,12)13)14-4-5-15(7)8(16)17/h6-7,14H,4-5H2,1-3H3,(H,16,17)/t6?,7-/m1/s1. The van der Waals surface area contributed by atoms with Crippen molar-refractivity contribution < 1.29 is 23.1 Å². The third kappa shape index (κ3) is 3.02.